The van der Waals surface area contributed by atoms with Crippen LogP contribution in [-0.2, 0) is 13.6 Å². The molecule has 74 valence electrons. The third kappa shape index (κ3) is 4.10. The molecule has 1 rings (SSSR count). The molecule has 3 nitrogen and oxygen atoms in total. The first-order valence-electron chi connectivity index (χ1n) is 4.65. The van der Waals surface area contributed by atoms with E-state index < -0.39 is 0 Å². The van der Waals surface area contributed by atoms with E-state index in [1.54, 1.807) is 0 Å². The van der Waals surface area contributed by atoms with Crippen LogP contribution >= 0.6 is 0 Å². The van der Waals surface area contributed by atoms with E-state index in [9.17, 15) is 0 Å². The van der Waals surface area contributed by atoms with Crippen molar-refractivity contribution in [3.63, 3.8) is 0 Å². The summed E-state index contributed by atoms with van der Waals surface area (Å²) in [6.45, 7) is 3.10. The van der Waals surface area contributed by atoms with Gasteiger partial charge in [-0.05, 0) is 25.7 Å². The van der Waals surface area contributed by atoms with Gasteiger partial charge in [-0.2, -0.15) is 0 Å². The van der Waals surface area contributed by atoms with Crippen molar-refractivity contribution in [1.29, 1.82) is 0 Å². The minimum absolute atomic E-state index is 0.967. The van der Waals surface area contributed by atoms with E-state index in [-0.39, 0.29) is 0 Å². The largest absolute Gasteiger partial charge is 0.357 e. The summed E-state index contributed by atoms with van der Waals surface area (Å²) < 4.78 is 2.07. The molecule has 0 saturated heterocycles. The van der Waals surface area contributed by atoms with Crippen molar-refractivity contribution >= 4 is 0 Å². The Morgan fingerprint density at radius 3 is 2.77 bits per heavy atom. The van der Waals surface area contributed by atoms with Crippen LogP contribution in [0, 0.1) is 0 Å². The third-order valence-electron chi connectivity index (χ3n) is 1.96. The molecule has 0 atom stereocenters. The monoisotopic (exact) mass is 181 g/mol. The SMILES string of the molecule is CN(C)CCNCc1ccn(C)c1. The highest BCUT2D eigenvalue weighted by Gasteiger charge is 1.94. The lowest BCUT2D eigenvalue weighted by Gasteiger charge is -2.09. The molecule has 0 bridgehead atoms. The number of hydrogen-bond donors (Lipinski definition) is 1. The van der Waals surface area contributed by atoms with Crippen molar-refractivity contribution in [2.45, 2.75) is 6.54 Å². The summed E-state index contributed by atoms with van der Waals surface area (Å²) in [6.07, 6.45) is 4.21. The lowest BCUT2D eigenvalue weighted by Crippen LogP contribution is -2.26. The first-order valence-corrected chi connectivity index (χ1v) is 4.65. The molecule has 3 heteroatoms. The lowest BCUT2D eigenvalue weighted by atomic mass is 10.3. The predicted octanol–water partition coefficient (Wildman–Crippen LogP) is 0.676. The van der Waals surface area contributed by atoms with Gasteiger partial charge in [0.1, 0.15) is 0 Å². The van der Waals surface area contributed by atoms with Crippen LogP contribution in [0.4, 0.5) is 0 Å². The molecule has 0 aliphatic heterocycles. The molecule has 1 aromatic rings. The Bertz CT molecular complexity index is 240. The highest BCUT2D eigenvalue weighted by atomic mass is 15.1. The van der Waals surface area contributed by atoms with E-state index in [2.05, 4.69) is 47.3 Å². The van der Waals surface area contributed by atoms with E-state index in [0.717, 1.165) is 19.6 Å². The van der Waals surface area contributed by atoms with Gasteiger partial charge in [0, 0.05) is 39.1 Å². The molecule has 0 fully saturated rings. The first kappa shape index (κ1) is 10.3. The molecule has 1 N–H and O–H groups in total. The fraction of sp³-hybridized carbons (Fsp3) is 0.600. The van der Waals surface area contributed by atoms with Gasteiger partial charge in [0.25, 0.3) is 0 Å². The van der Waals surface area contributed by atoms with Crippen molar-refractivity contribution in [2.75, 3.05) is 27.2 Å². The van der Waals surface area contributed by atoms with Crippen LogP contribution in [0.1, 0.15) is 5.56 Å². The van der Waals surface area contributed by atoms with Crippen molar-refractivity contribution in [2.24, 2.45) is 7.05 Å². The van der Waals surface area contributed by atoms with Gasteiger partial charge in [0.2, 0.25) is 0 Å². The lowest BCUT2D eigenvalue weighted by molar-refractivity contribution is 0.400. The fourth-order valence-corrected chi connectivity index (χ4v) is 1.20. The quantitative estimate of drug-likeness (QED) is 0.674. The van der Waals surface area contributed by atoms with Crippen LogP contribution in [0.15, 0.2) is 18.5 Å². The molecular formula is C10H19N3. The van der Waals surface area contributed by atoms with Gasteiger partial charge in [-0.1, -0.05) is 0 Å². The van der Waals surface area contributed by atoms with E-state index in [4.69, 9.17) is 0 Å². The summed E-state index contributed by atoms with van der Waals surface area (Å²) in [5.41, 5.74) is 1.35. The van der Waals surface area contributed by atoms with Crippen molar-refractivity contribution in [3.8, 4) is 0 Å². The van der Waals surface area contributed by atoms with Gasteiger partial charge in [-0.15, -0.1) is 0 Å². The Hall–Kier alpha value is -0.800. The maximum Gasteiger partial charge on any atom is 0.0221 e. The first-order chi connectivity index (χ1) is 6.18. The number of hydrogen-bond acceptors (Lipinski definition) is 2. The van der Waals surface area contributed by atoms with Gasteiger partial charge < -0.3 is 14.8 Å². The smallest absolute Gasteiger partial charge is 0.0221 e. The Labute approximate surface area is 80.3 Å². The molecule has 0 spiro atoms. The summed E-state index contributed by atoms with van der Waals surface area (Å²) >= 11 is 0. The minimum atomic E-state index is 0.967. The zero-order valence-electron chi connectivity index (χ0n) is 8.75. The van der Waals surface area contributed by atoms with Gasteiger partial charge in [0.15, 0.2) is 0 Å². The Kier molecular flexibility index (Phi) is 3.99. The summed E-state index contributed by atoms with van der Waals surface area (Å²) in [4.78, 5) is 2.18. The van der Waals surface area contributed by atoms with Gasteiger partial charge in [-0.25, -0.2) is 0 Å². The zero-order valence-corrected chi connectivity index (χ0v) is 8.75. The Balaban J connectivity index is 2.13. The topological polar surface area (TPSA) is 20.2 Å². The van der Waals surface area contributed by atoms with Crippen LogP contribution in [0.3, 0.4) is 0 Å². The maximum absolute atomic E-state index is 3.39. The predicted molar refractivity (Wildman–Crippen MR) is 55.7 cm³/mol. The number of likely N-dealkylation sites (N-methyl/N-ethyl adjacent to an activating group) is 1. The summed E-state index contributed by atoms with van der Waals surface area (Å²) in [5, 5.41) is 3.39. The number of rotatable bonds is 5. The molecule has 0 aliphatic carbocycles. The van der Waals surface area contributed by atoms with Crippen LogP contribution < -0.4 is 5.32 Å². The van der Waals surface area contributed by atoms with Crippen molar-refractivity contribution in [1.82, 2.24) is 14.8 Å². The molecule has 0 saturated carbocycles. The zero-order chi connectivity index (χ0) is 9.68. The van der Waals surface area contributed by atoms with Crippen LogP contribution in [0.25, 0.3) is 0 Å². The molecule has 1 heterocycles. The van der Waals surface area contributed by atoms with Crippen LogP contribution in [-0.4, -0.2) is 36.7 Å². The number of aryl methyl sites for hydroxylation is 1. The summed E-state index contributed by atoms with van der Waals surface area (Å²) in [7, 11) is 6.22. The molecule has 0 aromatic carbocycles. The van der Waals surface area contributed by atoms with Crippen LogP contribution in [0.5, 0.6) is 0 Å². The van der Waals surface area contributed by atoms with Gasteiger partial charge >= 0.3 is 0 Å². The molecule has 0 aliphatic rings. The van der Waals surface area contributed by atoms with E-state index in [1.807, 2.05) is 7.05 Å². The van der Waals surface area contributed by atoms with E-state index in [0.29, 0.717) is 0 Å². The second-order valence-electron chi connectivity index (χ2n) is 3.67. The normalized spacial score (nSPS) is 11.1. The van der Waals surface area contributed by atoms with Crippen LogP contribution in [0.2, 0.25) is 0 Å². The average Bonchev–Trinajstić information content (AvgIpc) is 2.45. The van der Waals surface area contributed by atoms with Crippen molar-refractivity contribution < 1.29 is 0 Å². The molecule has 0 radical (unpaired) electrons. The molecule has 1 aromatic heterocycles. The fourth-order valence-electron chi connectivity index (χ4n) is 1.20. The highest BCUT2D eigenvalue weighted by Crippen LogP contribution is 1.97. The maximum atomic E-state index is 3.39. The Morgan fingerprint density at radius 2 is 2.23 bits per heavy atom. The van der Waals surface area contributed by atoms with Crippen molar-refractivity contribution in [3.05, 3.63) is 24.0 Å². The van der Waals surface area contributed by atoms with E-state index in [1.165, 1.54) is 5.56 Å². The average molecular weight is 181 g/mol. The second kappa shape index (κ2) is 5.04. The number of nitrogens with zero attached hydrogens (tertiary/aromatic N) is 2. The van der Waals surface area contributed by atoms with E-state index >= 15 is 0 Å². The molecule has 13 heavy (non-hydrogen) atoms. The van der Waals surface area contributed by atoms with Gasteiger partial charge in [-0.3, -0.25) is 0 Å². The summed E-state index contributed by atoms with van der Waals surface area (Å²) in [5.74, 6) is 0. The molecular weight excluding hydrogens is 162 g/mol. The Morgan fingerprint density at radius 1 is 1.46 bits per heavy atom. The summed E-state index contributed by atoms with van der Waals surface area (Å²) in [6, 6.07) is 2.14. The molecule has 0 amide bonds. The third-order valence-corrected chi connectivity index (χ3v) is 1.96. The minimum Gasteiger partial charge on any atom is -0.357 e. The second-order valence-corrected chi connectivity index (χ2v) is 3.67. The number of nitrogens with one attached hydrogen (secondary N) is 1. The number of aromatic nitrogens is 1. The van der Waals surface area contributed by atoms with Gasteiger partial charge in [0.05, 0.1) is 0 Å². The standard InChI is InChI=1S/C10H19N3/c1-12(2)7-5-11-8-10-4-6-13(3)9-10/h4,6,9,11H,5,7-8H2,1-3H3. The molecule has 0 unspecified atom stereocenters. The highest BCUT2D eigenvalue weighted by molar-refractivity contribution is 5.09.